The lowest BCUT2D eigenvalue weighted by Crippen LogP contribution is -2.66. The fraction of sp³-hybridized carbons (Fsp3) is 0.462. The van der Waals surface area contributed by atoms with E-state index in [1.54, 1.807) is 0 Å². The third-order valence-electron chi connectivity index (χ3n) is 8.28. The van der Waals surface area contributed by atoms with Gasteiger partial charge in [-0.3, -0.25) is 0 Å². The first-order valence-corrected chi connectivity index (χ1v) is 11.7. The zero-order valence-corrected chi connectivity index (χ0v) is 19.1. The van der Waals surface area contributed by atoms with Crippen molar-refractivity contribution >= 4 is 33.4 Å². The molecule has 2 unspecified atom stereocenters. The van der Waals surface area contributed by atoms with Crippen LogP contribution in [0.15, 0.2) is 35.4 Å². The Morgan fingerprint density at radius 3 is 2.38 bits per heavy atom. The lowest BCUT2D eigenvalue weighted by Gasteiger charge is -2.45. The molecule has 0 N–H and O–H groups in total. The summed E-state index contributed by atoms with van der Waals surface area (Å²) in [7, 11) is 0. The van der Waals surface area contributed by atoms with E-state index in [-0.39, 0.29) is 16.4 Å². The number of benzene rings is 2. The molecule has 3 heterocycles. The topological polar surface area (TPSA) is 27.7 Å². The van der Waals surface area contributed by atoms with Crippen LogP contribution in [0.1, 0.15) is 71.1 Å². The molecule has 0 bridgehead atoms. The summed E-state index contributed by atoms with van der Waals surface area (Å²) in [5, 5.41) is 13.5. The van der Waals surface area contributed by atoms with E-state index >= 15 is 0 Å². The maximum atomic E-state index is 9.78. The van der Waals surface area contributed by atoms with Crippen LogP contribution < -0.4 is 4.57 Å². The first-order valence-electron chi connectivity index (χ1n) is 10.8. The Labute approximate surface area is 177 Å². The normalized spacial score (nSPS) is 26.8. The van der Waals surface area contributed by atoms with E-state index in [0.717, 1.165) is 29.5 Å². The van der Waals surface area contributed by atoms with Crippen molar-refractivity contribution in [2.75, 3.05) is 5.75 Å². The molecule has 0 saturated heterocycles. The lowest BCUT2D eigenvalue weighted by atomic mass is 9.61. The molecule has 0 aliphatic carbocycles. The average molecular weight is 402 g/mol. The van der Waals surface area contributed by atoms with Crippen LogP contribution in [-0.4, -0.2) is 5.75 Å². The summed E-state index contributed by atoms with van der Waals surface area (Å²) in [6, 6.07) is 11.2. The second-order valence-electron chi connectivity index (χ2n) is 9.88. The average Bonchev–Trinajstić information content (AvgIpc) is 3.04. The molecule has 2 nitrogen and oxygen atoms in total. The number of hydrogen-bond acceptors (Lipinski definition) is 2. The molecule has 0 saturated carbocycles. The van der Waals surface area contributed by atoms with Crippen molar-refractivity contribution in [3.8, 4) is 6.07 Å². The first kappa shape index (κ1) is 18.9. The van der Waals surface area contributed by atoms with Crippen molar-refractivity contribution < 1.29 is 4.57 Å². The van der Waals surface area contributed by atoms with Crippen LogP contribution in [0.5, 0.6) is 0 Å². The van der Waals surface area contributed by atoms with Crippen molar-refractivity contribution in [2.45, 2.75) is 75.6 Å². The summed E-state index contributed by atoms with van der Waals surface area (Å²) in [5.41, 5.74) is 5.16. The largest absolute Gasteiger partial charge is 0.222 e. The third kappa shape index (κ3) is 2.06. The number of nitriles is 1. The summed E-state index contributed by atoms with van der Waals surface area (Å²) in [5.74, 6) is 1.12. The smallest absolute Gasteiger partial charge is 0.192 e. The predicted molar refractivity (Wildman–Crippen MR) is 122 cm³/mol. The Hall–Kier alpha value is -2.05. The maximum Gasteiger partial charge on any atom is 0.222 e. The van der Waals surface area contributed by atoms with Gasteiger partial charge in [0.1, 0.15) is 0 Å². The lowest BCUT2D eigenvalue weighted by molar-refractivity contribution is -0.751. The number of pyridine rings is 1. The minimum Gasteiger partial charge on any atom is -0.192 e. The van der Waals surface area contributed by atoms with Crippen LogP contribution in [0.4, 0.5) is 0 Å². The molecule has 2 aliphatic rings. The molecule has 0 fully saturated rings. The minimum atomic E-state index is -0.0200. The second kappa shape index (κ2) is 5.76. The van der Waals surface area contributed by atoms with Gasteiger partial charge in [-0.1, -0.05) is 39.8 Å². The number of nitrogens with zero attached hydrogens (tertiary/aromatic N) is 2. The number of thioether (sulfide) groups is 1. The molecule has 5 rings (SSSR count). The molecule has 148 valence electrons. The van der Waals surface area contributed by atoms with E-state index in [0.29, 0.717) is 0 Å². The molecule has 3 aromatic rings. The van der Waals surface area contributed by atoms with Crippen LogP contribution in [0.25, 0.3) is 21.7 Å². The van der Waals surface area contributed by atoms with Crippen LogP contribution in [0.2, 0.25) is 0 Å². The standard InChI is InChI=1S/C26H29N2S/c1-7-25(5)19-12-9-16(13-27)17-10-11-18-22(21(17)19)28(26(25,6)8-2)14-20-23(18)29-15-24(20,3)4/h9-12,14H,7-8,15H2,1-6H3/q+1. The molecule has 3 heteroatoms. The fourth-order valence-electron chi connectivity index (χ4n) is 5.86. The highest BCUT2D eigenvalue weighted by molar-refractivity contribution is 8.00. The van der Waals surface area contributed by atoms with Crippen molar-refractivity contribution in [3.05, 3.63) is 47.2 Å². The van der Waals surface area contributed by atoms with Gasteiger partial charge in [-0.25, -0.2) is 0 Å². The molecule has 1 aromatic heterocycles. The molecule has 2 aromatic carbocycles. The molecule has 0 radical (unpaired) electrons. The molecular weight excluding hydrogens is 372 g/mol. The van der Waals surface area contributed by atoms with E-state index in [9.17, 15) is 5.26 Å². The minimum absolute atomic E-state index is 0.00403. The summed E-state index contributed by atoms with van der Waals surface area (Å²) in [6.45, 7) is 14.3. The predicted octanol–water partition coefficient (Wildman–Crippen LogP) is 6.34. The van der Waals surface area contributed by atoms with Gasteiger partial charge in [0.15, 0.2) is 11.7 Å². The van der Waals surface area contributed by atoms with E-state index in [1.807, 2.05) is 17.8 Å². The number of fused-ring (bicyclic) bond motifs is 2. The molecular formula is C26H29N2S+. The quantitative estimate of drug-likeness (QED) is 0.370. The number of hydrogen-bond donors (Lipinski definition) is 0. The van der Waals surface area contributed by atoms with Gasteiger partial charge >= 0.3 is 0 Å². The Balaban J connectivity index is 2.10. The van der Waals surface area contributed by atoms with Gasteiger partial charge in [-0.2, -0.15) is 9.83 Å². The molecule has 0 amide bonds. The summed E-state index contributed by atoms with van der Waals surface area (Å²) < 4.78 is 2.61. The van der Waals surface area contributed by atoms with Crippen LogP contribution in [-0.2, 0) is 16.4 Å². The molecule has 29 heavy (non-hydrogen) atoms. The first-order chi connectivity index (χ1) is 13.7. The summed E-state index contributed by atoms with van der Waals surface area (Å²) in [6.07, 6.45) is 4.60. The van der Waals surface area contributed by atoms with Gasteiger partial charge in [0.2, 0.25) is 5.52 Å². The highest BCUT2D eigenvalue weighted by atomic mass is 32.2. The van der Waals surface area contributed by atoms with E-state index in [2.05, 4.69) is 76.6 Å². The highest BCUT2D eigenvalue weighted by Gasteiger charge is 2.56. The van der Waals surface area contributed by atoms with Gasteiger partial charge in [-0.05, 0) is 31.0 Å². The fourth-order valence-corrected chi connectivity index (χ4v) is 7.33. The molecule has 2 atom stereocenters. The van der Waals surface area contributed by atoms with Crippen LogP contribution >= 0.6 is 11.8 Å². The van der Waals surface area contributed by atoms with E-state index in [1.165, 1.54) is 32.3 Å². The van der Waals surface area contributed by atoms with Crippen LogP contribution in [0, 0.1) is 11.3 Å². The van der Waals surface area contributed by atoms with E-state index in [4.69, 9.17) is 0 Å². The van der Waals surface area contributed by atoms with Gasteiger partial charge < -0.3 is 0 Å². The molecule has 2 aliphatic heterocycles. The second-order valence-corrected chi connectivity index (χ2v) is 10.9. The Morgan fingerprint density at radius 2 is 1.72 bits per heavy atom. The van der Waals surface area contributed by atoms with Crippen LogP contribution in [0.3, 0.4) is 0 Å². The summed E-state index contributed by atoms with van der Waals surface area (Å²) >= 11 is 2.00. The third-order valence-corrected chi connectivity index (χ3v) is 9.87. The SMILES string of the molecule is CCC1(C)c2ccc(C#N)c3ccc4c5c(c[n+](c4c23)C1(C)CC)C(C)(C)CS5. The number of aromatic nitrogens is 1. The number of rotatable bonds is 2. The summed E-state index contributed by atoms with van der Waals surface area (Å²) in [4.78, 5) is 1.44. The molecule has 0 spiro atoms. The van der Waals surface area contributed by atoms with Crippen molar-refractivity contribution in [3.63, 3.8) is 0 Å². The van der Waals surface area contributed by atoms with Gasteiger partial charge in [0.05, 0.1) is 27.8 Å². The van der Waals surface area contributed by atoms with Gasteiger partial charge in [0.25, 0.3) is 0 Å². The van der Waals surface area contributed by atoms with Gasteiger partial charge in [0, 0.05) is 40.4 Å². The van der Waals surface area contributed by atoms with Crippen molar-refractivity contribution in [1.82, 2.24) is 0 Å². The maximum absolute atomic E-state index is 9.78. The van der Waals surface area contributed by atoms with E-state index < -0.39 is 0 Å². The van der Waals surface area contributed by atoms with Crippen molar-refractivity contribution in [1.29, 1.82) is 5.26 Å². The zero-order valence-electron chi connectivity index (χ0n) is 18.3. The highest BCUT2D eigenvalue weighted by Crippen LogP contribution is 2.53. The van der Waals surface area contributed by atoms with Gasteiger partial charge in [-0.15, -0.1) is 11.8 Å². The Kier molecular flexibility index (Phi) is 3.76. The zero-order chi connectivity index (χ0) is 20.8. The van der Waals surface area contributed by atoms with Crippen molar-refractivity contribution in [2.24, 2.45) is 0 Å². The Bertz CT molecular complexity index is 1250. The monoisotopic (exact) mass is 401 g/mol. The Morgan fingerprint density at radius 1 is 1.00 bits per heavy atom.